The van der Waals surface area contributed by atoms with E-state index in [9.17, 15) is 9.18 Å². The molecule has 5 nitrogen and oxygen atoms in total. The van der Waals surface area contributed by atoms with Crippen molar-refractivity contribution in [1.29, 1.82) is 0 Å². The molecule has 0 unspecified atom stereocenters. The molecule has 134 valence electrons. The van der Waals surface area contributed by atoms with Gasteiger partial charge in [-0.25, -0.2) is 4.39 Å². The molecule has 0 aliphatic rings. The van der Waals surface area contributed by atoms with E-state index in [0.717, 1.165) is 18.4 Å². The molecule has 0 bridgehead atoms. The molecule has 2 aromatic carbocycles. The zero-order chi connectivity index (χ0) is 18.2. The van der Waals surface area contributed by atoms with Crippen molar-refractivity contribution in [2.45, 2.75) is 12.8 Å². The van der Waals surface area contributed by atoms with E-state index >= 15 is 0 Å². The maximum absolute atomic E-state index is 13.6. The number of ether oxygens (including phenoxy) is 3. The van der Waals surface area contributed by atoms with E-state index in [1.54, 1.807) is 14.2 Å². The minimum absolute atomic E-state index is 0.116. The zero-order valence-corrected chi connectivity index (χ0v) is 14.6. The summed E-state index contributed by atoms with van der Waals surface area (Å²) in [6, 6.07) is 9.87. The molecule has 0 aliphatic heterocycles. The molecule has 0 saturated heterocycles. The van der Waals surface area contributed by atoms with Crippen molar-refractivity contribution in [3.05, 3.63) is 53.3 Å². The summed E-state index contributed by atoms with van der Waals surface area (Å²) in [7, 11) is 4.57. The molecule has 1 amide bonds. The van der Waals surface area contributed by atoms with E-state index in [-0.39, 0.29) is 17.2 Å². The van der Waals surface area contributed by atoms with Gasteiger partial charge in [-0.3, -0.25) is 4.79 Å². The van der Waals surface area contributed by atoms with Crippen LogP contribution in [0.1, 0.15) is 22.3 Å². The lowest BCUT2D eigenvalue weighted by atomic mass is 10.1. The first-order valence-corrected chi connectivity index (χ1v) is 7.91. The van der Waals surface area contributed by atoms with Crippen LogP contribution in [0.3, 0.4) is 0 Å². The van der Waals surface area contributed by atoms with Crippen molar-refractivity contribution in [1.82, 2.24) is 5.32 Å². The number of halogens is 1. The van der Waals surface area contributed by atoms with Crippen LogP contribution in [-0.2, 0) is 6.42 Å². The fourth-order valence-corrected chi connectivity index (χ4v) is 2.44. The molecule has 0 fully saturated rings. The van der Waals surface area contributed by atoms with E-state index in [2.05, 4.69) is 5.32 Å². The van der Waals surface area contributed by atoms with Crippen LogP contribution < -0.4 is 19.5 Å². The molecule has 2 aromatic rings. The molecule has 0 aromatic heterocycles. The maximum atomic E-state index is 13.6. The minimum atomic E-state index is -0.555. The molecule has 2 rings (SSSR count). The molecule has 25 heavy (non-hydrogen) atoms. The summed E-state index contributed by atoms with van der Waals surface area (Å²) < 4.78 is 28.9. The second kappa shape index (κ2) is 8.92. The number of aryl methyl sites for hydroxylation is 1. The molecule has 0 radical (unpaired) electrons. The summed E-state index contributed by atoms with van der Waals surface area (Å²) in [6.45, 7) is 0.487. The maximum Gasteiger partial charge on any atom is 0.251 e. The van der Waals surface area contributed by atoms with Crippen LogP contribution >= 0.6 is 0 Å². The molecule has 0 saturated carbocycles. The highest BCUT2D eigenvalue weighted by Gasteiger charge is 2.10. The van der Waals surface area contributed by atoms with Crippen molar-refractivity contribution in [3.8, 4) is 17.2 Å². The predicted octanol–water partition coefficient (Wildman–Crippen LogP) is 3.21. The van der Waals surface area contributed by atoms with Gasteiger partial charge in [0.1, 0.15) is 0 Å². The summed E-state index contributed by atoms with van der Waals surface area (Å²) in [5.74, 6) is 0.609. The normalized spacial score (nSPS) is 10.2. The number of hydrogen-bond donors (Lipinski definition) is 1. The molecule has 0 heterocycles. The first-order valence-electron chi connectivity index (χ1n) is 7.91. The van der Waals surface area contributed by atoms with Crippen LogP contribution in [0.15, 0.2) is 36.4 Å². The molecule has 0 spiro atoms. The van der Waals surface area contributed by atoms with E-state index in [4.69, 9.17) is 14.2 Å². The molecular weight excluding hydrogens is 325 g/mol. The second-order valence-electron chi connectivity index (χ2n) is 5.40. The second-order valence-corrected chi connectivity index (χ2v) is 5.40. The highest BCUT2D eigenvalue weighted by molar-refractivity contribution is 5.94. The lowest BCUT2D eigenvalue weighted by molar-refractivity contribution is 0.0952. The van der Waals surface area contributed by atoms with Crippen LogP contribution in [0, 0.1) is 5.82 Å². The quantitative estimate of drug-likeness (QED) is 0.745. The lowest BCUT2D eigenvalue weighted by Gasteiger charge is -2.10. The van der Waals surface area contributed by atoms with E-state index in [1.807, 2.05) is 18.2 Å². The smallest absolute Gasteiger partial charge is 0.251 e. The highest BCUT2D eigenvalue weighted by atomic mass is 19.1. The SMILES string of the molecule is COc1ccc(C(=O)NCCCc2ccc(OC)c(OC)c2)cc1F. The van der Waals surface area contributed by atoms with Gasteiger partial charge in [-0.05, 0) is 48.7 Å². The van der Waals surface area contributed by atoms with Crippen molar-refractivity contribution in [3.63, 3.8) is 0 Å². The van der Waals surface area contributed by atoms with Crippen LogP contribution in [0.4, 0.5) is 4.39 Å². The molecule has 1 N–H and O–H groups in total. The largest absolute Gasteiger partial charge is 0.494 e. The van der Waals surface area contributed by atoms with E-state index < -0.39 is 5.82 Å². The zero-order valence-electron chi connectivity index (χ0n) is 14.6. The van der Waals surface area contributed by atoms with Crippen molar-refractivity contribution >= 4 is 5.91 Å². The third-order valence-corrected chi connectivity index (χ3v) is 3.79. The van der Waals surface area contributed by atoms with Crippen molar-refractivity contribution in [2.24, 2.45) is 0 Å². The van der Waals surface area contributed by atoms with E-state index in [1.165, 1.54) is 25.3 Å². The van der Waals surface area contributed by atoms with Crippen LogP contribution in [-0.4, -0.2) is 33.8 Å². The van der Waals surface area contributed by atoms with Crippen LogP contribution in [0.5, 0.6) is 17.2 Å². The minimum Gasteiger partial charge on any atom is -0.494 e. The van der Waals surface area contributed by atoms with Gasteiger partial charge < -0.3 is 19.5 Å². The van der Waals surface area contributed by atoms with E-state index in [0.29, 0.717) is 18.0 Å². The van der Waals surface area contributed by atoms with Crippen molar-refractivity contribution in [2.75, 3.05) is 27.9 Å². The summed E-state index contributed by atoms with van der Waals surface area (Å²) in [5, 5.41) is 2.78. The molecule has 0 aliphatic carbocycles. The Morgan fingerprint density at radius 2 is 1.64 bits per heavy atom. The van der Waals surface area contributed by atoms with Gasteiger partial charge in [0.2, 0.25) is 0 Å². The van der Waals surface area contributed by atoms with Gasteiger partial charge in [0.05, 0.1) is 21.3 Å². The molecular formula is C19H22FNO4. The van der Waals surface area contributed by atoms with Gasteiger partial charge in [0.15, 0.2) is 23.1 Å². The summed E-state index contributed by atoms with van der Waals surface area (Å²) >= 11 is 0. The predicted molar refractivity (Wildman–Crippen MR) is 93.2 cm³/mol. The Morgan fingerprint density at radius 3 is 2.28 bits per heavy atom. The van der Waals surface area contributed by atoms with Gasteiger partial charge in [-0.2, -0.15) is 0 Å². The van der Waals surface area contributed by atoms with Gasteiger partial charge in [-0.15, -0.1) is 0 Å². The first-order chi connectivity index (χ1) is 12.1. The Hall–Kier alpha value is -2.76. The highest BCUT2D eigenvalue weighted by Crippen LogP contribution is 2.27. The Balaban J connectivity index is 1.84. The van der Waals surface area contributed by atoms with Gasteiger partial charge in [0.25, 0.3) is 5.91 Å². The number of amides is 1. The Morgan fingerprint density at radius 1 is 0.960 bits per heavy atom. The fourth-order valence-electron chi connectivity index (χ4n) is 2.44. The van der Waals surface area contributed by atoms with Crippen molar-refractivity contribution < 1.29 is 23.4 Å². The third kappa shape index (κ3) is 4.86. The Bertz CT molecular complexity index is 733. The summed E-state index contributed by atoms with van der Waals surface area (Å²) in [6.07, 6.45) is 1.53. The van der Waals surface area contributed by atoms with Crippen LogP contribution in [0.2, 0.25) is 0 Å². The lowest BCUT2D eigenvalue weighted by Crippen LogP contribution is -2.24. The first kappa shape index (κ1) is 18.6. The summed E-state index contributed by atoms with van der Waals surface area (Å²) in [4.78, 5) is 12.0. The number of rotatable bonds is 8. The number of nitrogens with one attached hydrogen (secondary N) is 1. The monoisotopic (exact) mass is 347 g/mol. The van der Waals surface area contributed by atoms with Crippen LogP contribution in [0.25, 0.3) is 0 Å². The average molecular weight is 347 g/mol. The number of methoxy groups -OCH3 is 3. The number of hydrogen-bond acceptors (Lipinski definition) is 4. The standard InChI is InChI=1S/C19H22FNO4/c1-23-16-9-7-14(12-15(16)20)19(22)21-10-4-5-13-6-8-17(24-2)18(11-13)25-3/h6-9,11-12H,4-5,10H2,1-3H3,(H,21,22). The number of carbonyl (C=O) groups excluding carboxylic acids is 1. The van der Waals surface area contributed by atoms with Gasteiger partial charge >= 0.3 is 0 Å². The van der Waals surface area contributed by atoms with Gasteiger partial charge in [-0.1, -0.05) is 6.07 Å². The number of carbonyl (C=O) groups is 1. The Kier molecular flexibility index (Phi) is 6.62. The fraction of sp³-hybridized carbons (Fsp3) is 0.316. The third-order valence-electron chi connectivity index (χ3n) is 3.79. The summed E-state index contributed by atoms with van der Waals surface area (Å²) in [5.41, 5.74) is 1.35. The topological polar surface area (TPSA) is 56.8 Å². The molecule has 6 heteroatoms. The average Bonchev–Trinajstić information content (AvgIpc) is 2.64. The van der Waals surface area contributed by atoms with Gasteiger partial charge in [0, 0.05) is 12.1 Å². The number of benzene rings is 2. The molecule has 0 atom stereocenters. The Labute approximate surface area is 146 Å².